The highest BCUT2D eigenvalue weighted by Gasteiger charge is 1.96. The van der Waals surface area contributed by atoms with Crippen molar-refractivity contribution in [2.24, 2.45) is 0 Å². The summed E-state index contributed by atoms with van der Waals surface area (Å²) < 4.78 is 10.4. The highest BCUT2D eigenvalue weighted by atomic mass is 16.5. The number of methoxy groups -OCH3 is 1. The van der Waals surface area contributed by atoms with Gasteiger partial charge in [0, 0.05) is 26.6 Å². The van der Waals surface area contributed by atoms with Gasteiger partial charge in [-0.15, -0.1) is 11.8 Å². The van der Waals surface area contributed by atoms with E-state index < -0.39 is 0 Å². The minimum absolute atomic E-state index is 0.605. The van der Waals surface area contributed by atoms with Crippen LogP contribution in [0.4, 0.5) is 0 Å². The predicted molar refractivity (Wildman–Crippen MR) is 71.4 cm³/mol. The van der Waals surface area contributed by atoms with Crippen LogP contribution in [-0.2, 0) is 11.3 Å². The maximum Gasteiger partial charge on any atom is 0.137 e. The van der Waals surface area contributed by atoms with Crippen LogP contribution in [-0.4, -0.2) is 31.9 Å². The molecule has 0 fully saturated rings. The number of nitrogens with zero attached hydrogens (tertiary/aromatic N) is 1. The van der Waals surface area contributed by atoms with Crippen molar-refractivity contribution >= 4 is 0 Å². The first-order valence-electron chi connectivity index (χ1n) is 6.04. The van der Waals surface area contributed by atoms with Crippen LogP contribution in [0.2, 0.25) is 0 Å². The highest BCUT2D eigenvalue weighted by molar-refractivity contribution is 5.19. The summed E-state index contributed by atoms with van der Waals surface area (Å²) in [6, 6.07) is 3.89. The topological polar surface area (TPSA) is 43.4 Å². The molecule has 0 radical (unpaired) electrons. The Kier molecular flexibility index (Phi) is 7.61. The number of ether oxygens (including phenoxy) is 2. The van der Waals surface area contributed by atoms with Gasteiger partial charge in [-0.1, -0.05) is 0 Å². The largest absolute Gasteiger partial charge is 0.491 e. The van der Waals surface area contributed by atoms with Crippen LogP contribution < -0.4 is 10.1 Å². The van der Waals surface area contributed by atoms with Gasteiger partial charge in [-0.05, 0) is 19.1 Å². The SMILES string of the molecule is CC#CCCOc1ccc(CNCCOC)nc1. The second-order valence-corrected chi connectivity index (χ2v) is 3.68. The van der Waals surface area contributed by atoms with E-state index >= 15 is 0 Å². The molecule has 1 rings (SSSR count). The molecule has 0 saturated carbocycles. The summed E-state index contributed by atoms with van der Waals surface area (Å²) in [5, 5.41) is 3.24. The van der Waals surface area contributed by atoms with Crippen LogP contribution in [0.3, 0.4) is 0 Å². The maximum absolute atomic E-state index is 5.50. The molecule has 0 saturated heterocycles. The van der Waals surface area contributed by atoms with Crippen molar-refractivity contribution in [1.82, 2.24) is 10.3 Å². The summed E-state index contributed by atoms with van der Waals surface area (Å²) in [4.78, 5) is 4.31. The molecule has 0 bridgehead atoms. The lowest BCUT2D eigenvalue weighted by atomic mass is 10.3. The number of hydrogen-bond donors (Lipinski definition) is 1. The fourth-order valence-corrected chi connectivity index (χ4v) is 1.34. The zero-order valence-electron chi connectivity index (χ0n) is 11.0. The fraction of sp³-hybridized carbons (Fsp3) is 0.500. The smallest absolute Gasteiger partial charge is 0.137 e. The van der Waals surface area contributed by atoms with Gasteiger partial charge in [-0.25, -0.2) is 0 Å². The van der Waals surface area contributed by atoms with Gasteiger partial charge in [0.25, 0.3) is 0 Å². The quantitative estimate of drug-likeness (QED) is 0.560. The first-order valence-corrected chi connectivity index (χ1v) is 6.04. The Hall–Kier alpha value is -1.57. The van der Waals surface area contributed by atoms with Gasteiger partial charge in [0.2, 0.25) is 0 Å². The second-order valence-electron chi connectivity index (χ2n) is 3.68. The molecule has 1 heterocycles. The van der Waals surface area contributed by atoms with E-state index in [0.717, 1.165) is 31.0 Å². The number of pyridine rings is 1. The zero-order chi connectivity index (χ0) is 13.1. The van der Waals surface area contributed by atoms with Crippen molar-refractivity contribution < 1.29 is 9.47 Å². The van der Waals surface area contributed by atoms with E-state index in [1.165, 1.54) is 0 Å². The Morgan fingerprint density at radius 2 is 2.22 bits per heavy atom. The minimum atomic E-state index is 0.605. The summed E-state index contributed by atoms with van der Waals surface area (Å²) in [6.45, 7) is 4.71. The Balaban J connectivity index is 2.25. The molecule has 1 N–H and O–H groups in total. The van der Waals surface area contributed by atoms with E-state index in [1.807, 2.05) is 19.1 Å². The Labute approximate surface area is 109 Å². The van der Waals surface area contributed by atoms with E-state index in [1.54, 1.807) is 13.3 Å². The normalized spacial score (nSPS) is 9.67. The van der Waals surface area contributed by atoms with Gasteiger partial charge in [-0.3, -0.25) is 4.98 Å². The van der Waals surface area contributed by atoms with Crippen molar-refractivity contribution in [3.8, 4) is 17.6 Å². The molecular formula is C14H20N2O2. The summed E-state index contributed by atoms with van der Waals surface area (Å²) >= 11 is 0. The van der Waals surface area contributed by atoms with Crippen LogP contribution in [0.15, 0.2) is 18.3 Å². The summed E-state index contributed by atoms with van der Waals surface area (Å²) in [5.41, 5.74) is 0.992. The van der Waals surface area contributed by atoms with E-state index in [2.05, 4.69) is 22.1 Å². The van der Waals surface area contributed by atoms with Crippen molar-refractivity contribution in [2.75, 3.05) is 26.9 Å². The summed E-state index contributed by atoms with van der Waals surface area (Å²) in [6.07, 6.45) is 2.49. The van der Waals surface area contributed by atoms with Crippen LogP contribution >= 0.6 is 0 Å². The van der Waals surface area contributed by atoms with Crippen LogP contribution in [0.25, 0.3) is 0 Å². The predicted octanol–water partition coefficient (Wildman–Crippen LogP) is 1.61. The van der Waals surface area contributed by atoms with Gasteiger partial charge >= 0.3 is 0 Å². The summed E-state index contributed by atoms with van der Waals surface area (Å²) in [5.74, 6) is 6.57. The third-order valence-corrected chi connectivity index (χ3v) is 2.26. The lowest BCUT2D eigenvalue weighted by Gasteiger charge is -2.06. The molecule has 0 aliphatic heterocycles. The molecular weight excluding hydrogens is 228 g/mol. The van der Waals surface area contributed by atoms with Crippen molar-refractivity contribution in [1.29, 1.82) is 0 Å². The van der Waals surface area contributed by atoms with E-state index in [9.17, 15) is 0 Å². The van der Waals surface area contributed by atoms with Gasteiger partial charge in [0.05, 0.1) is 25.1 Å². The van der Waals surface area contributed by atoms with Crippen molar-refractivity contribution in [2.45, 2.75) is 19.9 Å². The Bertz CT molecular complexity index is 379. The average molecular weight is 248 g/mol. The molecule has 18 heavy (non-hydrogen) atoms. The molecule has 0 atom stereocenters. The highest BCUT2D eigenvalue weighted by Crippen LogP contribution is 2.09. The summed E-state index contributed by atoms with van der Waals surface area (Å²) in [7, 11) is 1.69. The monoisotopic (exact) mass is 248 g/mol. The van der Waals surface area contributed by atoms with Gasteiger partial charge in [0.15, 0.2) is 0 Å². The molecule has 4 heteroatoms. The van der Waals surface area contributed by atoms with Crippen molar-refractivity contribution in [3.05, 3.63) is 24.0 Å². The molecule has 0 aliphatic rings. The lowest BCUT2D eigenvalue weighted by molar-refractivity contribution is 0.199. The molecule has 0 amide bonds. The second kappa shape index (κ2) is 9.46. The zero-order valence-corrected chi connectivity index (χ0v) is 11.0. The standard InChI is InChI=1S/C14H20N2O2/c1-3-4-5-9-18-14-7-6-13(16-12-14)11-15-8-10-17-2/h6-7,12,15H,5,8-11H2,1-2H3. The molecule has 98 valence electrons. The average Bonchev–Trinajstić information content (AvgIpc) is 2.41. The lowest BCUT2D eigenvalue weighted by Crippen LogP contribution is -2.19. The number of nitrogens with one attached hydrogen (secondary N) is 1. The van der Waals surface area contributed by atoms with E-state index in [0.29, 0.717) is 13.2 Å². The molecule has 0 spiro atoms. The molecule has 0 aromatic carbocycles. The molecule has 1 aromatic rings. The van der Waals surface area contributed by atoms with Gasteiger partial charge < -0.3 is 14.8 Å². The van der Waals surface area contributed by atoms with E-state index in [4.69, 9.17) is 9.47 Å². The molecule has 0 aliphatic carbocycles. The van der Waals surface area contributed by atoms with Crippen LogP contribution in [0.5, 0.6) is 5.75 Å². The minimum Gasteiger partial charge on any atom is -0.491 e. The third kappa shape index (κ3) is 6.24. The van der Waals surface area contributed by atoms with E-state index in [-0.39, 0.29) is 0 Å². The first kappa shape index (κ1) is 14.5. The number of aromatic nitrogens is 1. The maximum atomic E-state index is 5.50. The van der Waals surface area contributed by atoms with Gasteiger partial charge in [0.1, 0.15) is 5.75 Å². The molecule has 4 nitrogen and oxygen atoms in total. The fourth-order valence-electron chi connectivity index (χ4n) is 1.34. The van der Waals surface area contributed by atoms with Gasteiger partial charge in [-0.2, -0.15) is 0 Å². The first-order chi connectivity index (χ1) is 8.86. The number of hydrogen-bond acceptors (Lipinski definition) is 4. The third-order valence-electron chi connectivity index (χ3n) is 2.26. The van der Waals surface area contributed by atoms with Crippen molar-refractivity contribution in [3.63, 3.8) is 0 Å². The van der Waals surface area contributed by atoms with Crippen LogP contribution in [0.1, 0.15) is 19.0 Å². The number of rotatable bonds is 8. The Morgan fingerprint density at radius 3 is 2.89 bits per heavy atom. The van der Waals surface area contributed by atoms with Crippen LogP contribution in [0, 0.1) is 11.8 Å². The molecule has 1 aromatic heterocycles. The molecule has 0 unspecified atom stereocenters. The Morgan fingerprint density at radius 1 is 1.33 bits per heavy atom.